The van der Waals surface area contributed by atoms with Crippen molar-refractivity contribution in [2.24, 2.45) is 0 Å². The first kappa shape index (κ1) is 17.4. The quantitative estimate of drug-likeness (QED) is 0.580. The third kappa shape index (κ3) is 4.52. The van der Waals surface area contributed by atoms with Crippen LogP contribution in [-0.4, -0.2) is 51.5 Å². The SMILES string of the molecule is CN(C)CC(O)Cn1cc(Nc2ccc(C#N)cc2[N+](=O)[O-])cn1. The number of nitrogens with one attached hydrogen (secondary N) is 1. The van der Waals surface area contributed by atoms with E-state index in [2.05, 4.69) is 10.4 Å². The Labute approximate surface area is 138 Å². The minimum atomic E-state index is -0.572. The third-order valence-corrected chi connectivity index (χ3v) is 3.21. The van der Waals surface area contributed by atoms with Gasteiger partial charge in [-0.05, 0) is 26.2 Å². The van der Waals surface area contributed by atoms with E-state index in [9.17, 15) is 15.2 Å². The van der Waals surface area contributed by atoms with Gasteiger partial charge in [-0.15, -0.1) is 0 Å². The monoisotopic (exact) mass is 330 g/mol. The van der Waals surface area contributed by atoms with Gasteiger partial charge in [0.25, 0.3) is 5.69 Å². The summed E-state index contributed by atoms with van der Waals surface area (Å²) in [6.45, 7) is 0.818. The van der Waals surface area contributed by atoms with Crippen LogP contribution in [0.4, 0.5) is 17.1 Å². The number of aliphatic hydroxyl groups is 1. The second-order valence-corrected chi connectivity index (χ2v) is 5.59. The summed E-state index contributed by atoms with van der Waals surface area (Å²) in [6.07, 6.45) is 2.60. The lowest BCUT2D eigenvalue weighted by Crippen LogP contribution is -2.29. The fourth-order valence-electron chi connectivity index (χ4n) is 2.24. The zero-order valence-corrected chi connectivity index (χ0v) is 13.4. The van der Waals surface area contributed by atoms with Crippen LogP contribution in [0.15, 0.2) is 30.6 Å². The molecule has 9 heteroatoms. The van der Waals surface area contributed by atoms with Crippen LogP contribution in [0.3, 0.4) is 0 Å². The van der Waals surface area contributed by atoms with E-state index in [1.807, 2.05) is 25.1 Å². The molecule has 0 saturated carbocycles. The number of hydrogen-bond donors (Lipinski definition) is 2. The summed E-state index contributed by atoms with van der Waals surface area (Å²) in [4.78, 5) is 12.5. The minimum Gasteiger partial charge on any atom is -0.390 e. The molecule has 2 aromatic rings. The molecule has 0 aliphatic rings. The number of anilines is 2. The molecule has 0 radical (unpaired) electrons. The highest BCUT2D eigenvalue weighted by atomic mass is 16.6. The van der Waals surface area contributed by atoms with E-state index in [1.54, 1.807) is 10.9 Å². The molecule has 0 fully saturated rings. The van der Waals surface area contributed by atoms with E-state index in [0.717, 1.165) is 0 Å². The molecule has 126 valence electrons. The molecule has 2 N–H and O–H groups in total. The lowest BCUT2D eigenvalue weighted by Gasteiger charge is -2.15. The summed E-state index contributed by atoms with van der Waals surface area (Å²) in [5.41, 5.74) is 0.858. The van der Waals surface area contributed by atoms with Gasteiger partial charge < -0.3 is 15.3 Å². The number of nitro groups is 1. The third-order valence-electron chi connectivity index (χ3n) is 3.21. The molecule has 9 nitrogen and oxygen atoms in total. The molecule has 1 atom stereocenters. The van der Waals surface area contributed by atoms with Gasteiger partial charge in [0.05, 0.1) is 41.1 Å². The molecule has 1 aromatic carbocycles. The van der Waals surface area contributed by atoms with Gasteiger partial charge >= 0.3 is 0 Å². The fraction of sp³-hybridized carbons (Fsp3) is 0.333. The fourth-order valence-corrected chi connectivity index (χ4v) is 2.24. The van der Waals surface area contributed by atoms with E-state index in [0.29, 0.717) is 18.8 Å². The molecule has 1 aromatic heterocycles. The topological polar surface area (TPSA) is 120 Å². The van der Waals surface area contributed by atoms with Crippen LogP contribution in [0, 0.1) is 21.4 Å². The Kier molecular flexibility index (Phi) is 5.47. The van der Waals surface area contributed by atoms with Gasteiger partial charge in [0.1, 0.15) is 5.69 Å². The maximum absolute atomic E-state index is 11.1. The van der Waals surface area contributed by atoms with Crippen LogP contribution >= 0.6 is 0 Å². The van der Waals surface area contributed by atoms with E-state index >= 15 is 0 Å². The first-order valence-electron chi connectivity index (χ1n) is 7.20. The highest BCUT2D eigenvalue weighted by molar-refractivity contribution is 5.70. The lowest BCUT2D eigenvalue weighted by molar-refractivity contribution is -0.383. The first-order chi connectivity index (χ1) is 11.4. The molecule has 0 bridgehead atoms. The van der Waals surface area contributed by atoms with Crippen LogP contribution in [0.25, 0.3) is 0 Å². The smallest absolute Gasteiger partial charge is 0.293 e. The van der Waals surface area contributed by atoms with Gasteiger partial charge in [-0.2, -0.15) is 10.4 Å². The van der Waals surface area contributed by atoms with E-state index in [1.165, 1.54) is 24.4 Å². The number of aliphatic hydroxyl groups excluding tert-OH is 1. The molecule has 0 aliphatic carbocycles. The molecule has 1 unspecified atom stereocenters. The van der Waals surface area contributed by atoms with E-state index < -0.39 is 11.0 Å². The summed E-state index contributed by atoms with van der Waals surface area (Å²) < 4.78 is 1.56. The number of nitro benzene ring substituents is 1. The van der Waals surface area contributed by atoms with Crippen LogP contribution in [-0.2, 0) is 6.54 Å². The minimum absolute atomic E-state index is 0.186. The van der Waals surface area contributed by atoms with Crippen molar-refractivity contribution in [3.05, 3.63) is 46.3 Å². The van der Waals surface area contributed by atoms with Gasteiger partial charge in [-0.1, -0.05) is 0 Å². The summed E-state index contributed by atoms with van der Waals surface area (Å²) in [5, 5.41) is 36.9. The number of nitriles is 1. The molecule has 0 amide bonds. The van der Waals surface area contributed by atoms with Gasteiger partial charge in [-0.3, -0.25) is 14.8 Å². The summed E-state index contributed by atoms with van der Waals surface area (Å²) in [7, 11) is 3.73. The molecular weight excluding hydrogens is 312 g/mol. The largest absolute Gasteiger partial charge is 0.390 e. The number of nitrogens with zero attached hydrogens (tertiary/aromatic N) is 5. The number of rotatable bonds is 7. The van der Waals surface area contributed by atoms with Crippen molar-refractivity contribution < 1.29 is 10.0 Å². The Hall–Kier alpha value is -2.96. The second-order valence-electron chi connectivity index (χ2n) is 5.59. The maximum atomic E-state index is 11.1. The lowest BCUT2D eigenvalue weighted by atomic mass is 10.2. The molecular formula is C15H18N6O3. The average Bonchev–Trinajstić information content (AvgIpc) is 2.93. The van der Waals surface area contributed by atoms with Gasteiger partial charge in [-0.25, -0.2) is 0 Å². The van der Waals surface area contributed by atoms with Crippen molar-refractivity contribution in [2.45, 2.75) is 12.6 Å². The highest BCUT2D eigenvalue weighted by Gasteiger charge is 2.16. The average molecular weight is 330 g/mol. The highest BCUT2D eigenvalue weighted by Crippen LogP contribution is 2.28. The van der Waals surface area contributed by atoms with Crippen LogP contribution in [0.5, 0.6) is 0 Å². The van der Waals surface area contributed by atoms with Crippen LogP contribution < -0.4 is 5.32 Å². The Morgan fingerprint density at radius 1 is 1.54 bits per heavy atom. The number of hydrogen-bond acceptors (Lipinski definition) is 7. The summed E-state index contributed by atoms with van der Waals surface area (Å²) in [6, 6.07) is 6.07. The number of aromatic nitrogens is 2. The molecule has 0 aliphatic heterocycles. The Bertz CT molecular complexity index is 765. The van der Waals surface area contributed by atoms with Crippen LogP contribution in [0.1, 0.15) is 5.56 Å². The van der Waals surface area contributed by atoms with Gasteiger partial charge in [0.15, 0.2) is 0 Å². The Balaban J connectivity index is 2.12. The molecule has 0 saturated heterocycles. The van der Waals surface area contributed by atoms with Crippen molar-refractivity contribution in [1.82, 2.24) is 14.7 Å². The Morgan fingerprint density at radius 3 is 2.92 bits per heavy atom. The van der Waals surface area contributed by atoms with Crippen molar-refractivity contribution in [2.75, 3.05) is 26.0 Å². The first-order valence-corrected chi connectivity index (χ1v) is 7.20. The molecule has 24 heavy (non-hydrogen) atoms. The standard InChI is InChI=1S/C15H18N6O3/c1-19(2)9-13(22)10-20-8-12(7-17-20)18-14-4-3-11(6-16)5-15(14)21(23)24/h3-5,7-8,13,18,22H,9-10H2,1-2H3. The number of benzene rings is 1. The predicted molar refractivity (Wildman–Crippen MR) is 87.9 cm³/mol. The van der Waals surface area contributed by atoms with Crippen molar-refractivity contribution >= 4 is 17.1 Å². The molecule has 0 spiro atoms. The Morgan fingerprint density at radius 2 is 2.29 bits per heavy atom. The number of likely N-dealkylation sites (N-methyl/N-ethyl adjacent to an activating group) is 1. The van der Waals surface area contributed by atoms with Crippen LogP contribution in [0.2, 0.25) is 0 Å². The van der Waals surface area contributed by atoms with Crippen molar-refractivity contribution in [3.8, 4) is 6.07 Å². The molecule has 1 heterocycles. The maximum Gasteiger partial charge on any atom is 0.293 e. The second kappa shape index (κ2) is 7.54. The zero-order valence-electron chi connectivity index (χ0n) is 13.4. The summed E-state index contributed by atoms with van der Waals surface area (Å²) in [5.74, 6) is 0. The van der Waals surface area contributed by atoms with E-state index in [4.69, 9.17) is 5.26 Å². The van der Waals surface area contributed by atoms with Crippen molar-refractivity contribution in [1.29, 1.82) is 5.26 Å². The molecule has 2 rings (SSSR count). The normalized spacial score (nSPS) is 12.0. The van der Waals surface area contributed by atoms with Gasteiger partial charge in [0.2, 0.25) is 0 Å². The van der Waals surface area contributed by atoms with Gasteiger partial charge in [0, 0.05) is 18.8 Å². The predicted octanol–water partition coefficient (Wildman–Crippen LogP) is 1.33. The van der Waals surface area contributed by atoms with E-state index in [-0.39, 0.29) is 16.9 Å². The van der Waals surface area contributed by atoms with Crippen molar-refractivity contribution in [3.63, 3.8) is 0 Å². The summed E-state index contributed by atoms with van der Waals surface area (Å²) >= 11 is 0. The zero-order chi connectivity index (χ0) is 17.7.